The second-order valence-corrected chi connectivity index (χ2v) is 6.56. The molecule has 4 aromatic rings. The number of hydrogen-bond donors (Lipinski definition) is 2. The standard InChI is InChI=1S/C19H17N7O/c1-25-11-13(9-21-25)18-19(26-7-6-20-10-17(26)23-18)22-14-3-4-15-12(8-14)2-5-16(15)24-27/h3-4,6-11,22,27H,2,5H2,1H3. The first-order chi connectivity index (χ1) is 13.2. The number of nitrogens with one attached hydrogen (secondary N) is 1. The second-order valence-electron chi connectivity index (χ2n) is 6.56. The van der Waals surface area contributed by atoms with E-state index in [1.54, 1.807) is 23.3 Å². The minimum atomic E-state index is 0.744. The maximum absolute atomic E-state index is 9.12. The Hall–Kier alpha value is -3.68. The Morgan fingerprint density at radius 1 is 1.22 bits per heavy atom. The lowest BCUT2D eigenvalue weighted by molar-refractivity contribution is 0.318. The summed E-state index contributed by atoms with van der Waals surface area (Å²) >= 11 is 0. The van der Waals surface area contributed by atoms with Crippen LogP contribution in [-0.2, 0) is 13.5 Å². The van der Waals surface area contributed by atoms with Crippen molar-refractivity contribution in [2.24, 2.45) is 12.2 Å². The smallest absolute Gasteiger partial charge is 0.157 e. The van der Waals surface area contributed by atoms with E-state index >= 15 is 0 Å². The molecule has 0 amide bonds. The summed E-state index contributed by atoms with van der Waals surface area (Å²) in [5.41, 5.74) is 6.39. The van der Waals surface area contributed by atoms with Crippen LogP contribution < -0.4 is 5.32 Å². The molecule has 2 N–H and O–H groups in total. The zero-order valence-electron chi connectivity index (χ0n) is 14.7. The van der Waals surface area contributed by atoms with Crippen LogP contribution in [0.4, 0.5) is 11.5 Å². The van der Waals surface area contributed by atoms with Gasteiger partial charge in [-0.15, -0.1) is 0 Å². The van der Waals surface area contributed by atoms with Gasteiger partial charge < -0.3 is 10.5 Å². The molecule has 0 fully saturated rings. The van der Waals surface area contributed by atoms with Crippen LogP contribution in [-0.4, -0.2) is 35.1 Å². The van der Waals surface area contributed by atoms with Crippen molar-refractivity contribution >= 4 is 22.9 Å². The number of oxime groups is 1. The molecule has 134 valence electrons. The summed E-state index contributed by atoms with van der Waals surface area (Å²) in [5, 5.41) is 20.3. The molecule has 1 aliphatic carbocycles. The van der Waals surface area contributed by atoms with Crippen LogP contribution in [0.1, 0.15) is 17.5 Å². The van der Waals surface area contributed by atoms with Crippen LogP contribution in [0.3, 0.4) is 0 Å². The highest BCUT2D eigenvalue weighted by Crippen LogP contribution is 2.32. The Labute approximate surface area is 154 Å². The van der Waals surface area contributed by atoms with Gasteiger partial charge >= 0.3 is 0 Å². The lowest BCUT2D eigenvalue weighted by Gasteiger charge is -2.10. The summed E-state index contributed by atoms with van der Waals surface area (Å²) in [6.45, 7) is 0. The van der Waals surface area contributed by atoms with Gasteiger partial charge in [0.05, 0.1) is 18.1 Å². The molecule has 1 aromatic carbocycles. The van der Waals surface area contributed by atoms with Gasteiger partial charge in [-0.3, -0.25) is 14.1 Å². The molecule has 8 heteroatoms. The lowest BCUT2D eigenvalue weighted by Crippen LogP contribution is -1.99. The first-order valence-electron chi connectivity index (χ1n) is 8.65. The van der Waals surface area contributed by atoms with Gasteiger partial charge in [0, 0.05) is 42.5 Å². The van der Waals surface area contributed by atoms with E-state index < -0.39 is 0 Å². The van der Waals surface area contributed by atoms with Gasteiger partial charge in [0.2, 0.25) is 0 Å². The van der Waals surface area contributed by atoms with Gasteiger partial charge in [0.1, 0.15) is 11.5 Å². The molecule has 8 nitrogen and oxygen atoms in total. The van der Waals surface area contributed by atoms with Crippen molar-refractivity contribution in [2.45, 2.75) is 12.8 Å². The second kappa shape index (κ2) is 5.94. The van der Waals surface area contributed by atoms with Crippen molar-refractivity contribution in [3.8, 4) is 11.3 Å². The number of benzene rings is 1. The van der Waals surface area contributed by atoms with E-state index in [-0.39, 0.29) is 0 Å². The number of anilines is 2. The van der Waals surface area contributed by atoms with Crippen molar-refractivity contribution < 1.29 is 5.21 Å². The third kappa shape index (κ3) is 2.53. The van der Waals surface area contributed by atoms with Crippen LogP contribution in [0.5, 0.6) is 0 Å². The third-order valence-corrected chi connectivity index (χ3v) is 4.84. The molecule has 0 atom stereocenters. The van der Waals surface area contributed by atoms with Crippen molar-refractivity contribution in [1.29, 1.82) is 0 Å². The van der Waals surface area contributed by atoms with Crippen LogP contribution in [0.25, 0.3) is 16.9 Å². The SMILES string of the molecule is Cn1cc(-c2nc3cnccn3c2Nc2ccc3c(c2)CCC3=NO)cn1. The van der Waals surface area contributed by atoms with Crippen LogP contribution in [0.15, 0.2) is 54.3 Å². The molecule has 0 unspecified atom stereocenters. The van der Waals surface area contributed by atoms with Crippen molar-refractivity contribution in [2.75, 3.05) is 5.32 Å². The molecule has 3 aromatic heterocycles. The van der Waals surface area contributed by atoms with Gasteiger partial charge in [-0.1, -0.05) is 11.2 Å². The average molecular weight is 359 g/mol. The van der Waals surface area contributed by atoms with Crippen molar-refractivity contribution in [3.63, 3.8) is 0 Å². The van der Waals surface area contributed by atoms with Gasteiger partial charge in [-0.25, -0.2) is 4.98 Å². The summed E-state index contributed by atoms with van der Waals surface area (Å²) in [6.07, 6.45) is 10.7. The maximum atomic E-state index is 9.12. The highest BCUT2D eigenvalue weighted by atomic mass is 16.4. The first-order valence-corrected chi connectivity index (χ1v) is 8.65. The fourth-order valence-corrected chi connectivity index (χ4v) is 3.56. The number of hydrogen-bond acceptors (Lipinski definition) is 6. The van der Waals surface area contributed by atoms with Gasteiger partial charge in [0.25, 0.3) is 0 Å². The van der Waals surface area contributed by atoms with E-state index in [4.69, 9.17) is 10.2 Å². The van der Waals surface area contributed by atoms with Crippen LogP contribution in [0, 0.1) is 0 Å². The minimum Gasteiger partial charge on any atom is -0.411 e. The van der Waals surface area contributed by atoms with Crippen LogP contribution in [0.2, 0.25) is 0 Å². The van der Waals surface area contributed by atoms with E-state index in [1.165, 1.54) is 5.56 Å². The number of rotatable bonds is 3. The minimum absolute atomic E-state index is 0.744. The number of nitrogens with zero attached hydrogens (tertiary/aromatic N) is 6. The zero-order valence-corrected chi connectivity index (χ0v) is 14.7. The molecule has 0 radical (unpaired) electrons. The maximum Gasteiger partial charge on any atom is 0.157 e. The number of aromatic nitrogens is 5. The molecule has 0 spiro atoms. The summed E-state index contributed by atoms with van der Waals surface area (Å²) in [5.74, 6) is 0.856. The van der Waals surface area contributed by atoms with E-state index in [1.807, 2.05) is 36.0 Å². The predicted molar refractivity (Wildman–Crippen MR) is 102 cm³/mol. The van der Waals surface area contributed by atoms with E-state index in [9.17, 15) is 0 Å². The lowest BCUT2D eigenvalue weighted by atomic mass is 10.1. The Balaban J connectivity index is 1.61. The first kappa shape index (κ1) is 15.6. The Kier molecular flexibility index (Phi) is 3.43. The molecule has 1 aliphatic rings. The monoisotopic (exact) mass is 359 g/mol. The fraction of sp³-hybridized carbons (Fsp3) is 0.158. The Morgan fingerprint density at radius 2 is 2.15 bits per heavy atom. The molecule has 0 saturated heterocycles. The summed E-state index contributed by atoms with van der Waals surface area (Å²) in [6, 6.07) is 6.08. The quantitative estimate of drug-likeness (QED) is 0.433. The number of aryl methyl sites for hydroxylation is 2. The fourth-order valence-electron chi connectivity index (χ4n) is 3.56. The molecule has 0 saturated carbocycles. The summed E-state index contributed by atoms with van der Waals surface area (Å²) in [4.78, 5) is 8.89. The molecular weight excluding hydrogens is 342 g/mol. The molecule has 5 rings (SSSR count). The van der Waals surface area contributed by atoms with Gasteiger partial charge in [-0.05, 0) is 30.5 Å². The van der Waals surface area contributed by atoms with E-state index in [0.29, 0.717) is 0 Å². The van der Waals surface area contributed by atoms with Crippen molar-refractivity contribution in [1.82, 2.24) is 24.1 Å². The summed E-state index contributed by atoms with van der Waals surface area (Å²) < 4.78 is 3.73. The zero-order chi connectivity index (χ0) is 18.4. The number of fused-ring (bicyclic) bond motifs is 2. The molecule has 0 bridgehead atoms. The molecule has 3 heterocycles. The number of imidazole rings is 1. The van der Waals surface area contributed by atoms with Gasteiger partial charge in [-0.2, -0.15) is 5.10 Å². The molecule has 0 aliphatic heterocycles. The Morgan fingerprint density at radius 3 is 2.96 bits per heavy atom. The Bertz CT molecular complexity index is 1190. The van der Waals surface area contributed by atoms with Crippen molar-refractivity contribution in [3.05, 3.63) is 60.3 Å². The summed E-state index contributed by atoms with van der Waals surface area (Å²) in [7, 11) is 1.88. The average Bonchev–Trinajstić information content (AvgIpc) is 3.38. The van der Waals surface area contributed by atoms with E-state index in [0.717, 1.165) is 52.5 Å². The third-order valence-electron chi connectivity index (χ3n) is 4.84. The predicted octanol–water partition coefficient (Wildman–Crippen LogP) is 3.00. The molecule has 27 heavy (non-hydrogen) atoms. The highest BCUT2D eigenvalue weighted by Gasteiger charge is 2.20. The topological polar surface area (TPSA) is 92.6 Å². The highest BCUT2D eigenvalue weighted by molar-refractivity contribution is 6.04. The largest absolute Gasteiger partial charge is 0.411 e. The van der Waals surface area contributed by atoms with Gasteiger partial charge in [0.15, 0.2) is 5.65 Å². The van der Waals surface area contributed by atoms with E-state index in [2.05, 4.69) is 26.6 Å². The van der Waals surface area contributed by atoms with Crippen LogP contribution >= 0.6 is 0 Å². The molecular formula is C19H17N7O. The normalized spacial score (nSPS) is 14.8.